The van der Waals surface area contributed by atoms with Crippen molar-refractivity contribution < 1.29 is 4.79 Å². The van der Waals surface area contributed by atoms with Crippen LogP contribution in [0.15, 0.2) is 30.3 Å². The van der Waals surface area contributed by atoms with E-state index in [1.807, 2.05) is 0 Å². The SMILES string of the molecule is CCCC1(CC)C2CC(C)(C)CC(c3ccccc3)(C2)C(C)C1C.NC=O. The van der Waals surface area contributed by atoms with E-state index >= 15 is 0 Å². The van der Waals surface area contributed by atoms with Crippen LogP contribution in [0.5, 0.6) is 0 Å². The number of primary amides is 1. The first-order valence-electron chi connectivity index (χ1n) is 10.9. The summed E-state index contributed by atoms with van der Waals surface area (Å²) in [6.45, 7) is 15.1. The molecule has 3 rings (SSSR count). The van der Waals surface area contributed by atoms with E-state index in [2.05, 4.69) is 77.6 Å². The molecule has 1 amide bonds. The molecule has 0 spiro atoms. The van der Waals surface area contributed by atoms with Crippen molar-refractivity contribution in [1.82, 2.24) is 0 Å². The average Bonchev–Trinajstić information content (AvgIpc) is 2.64. The van der Waals surface area contributed by atoms with Crippen molar-refractivity contribution in [2.24, 2.45) is 34.3 Å². The predicted molar refractivity (Wildman–Crippen MR) is 115 cm³/mol. The van der Waals surface area contributed by atoms with Crippen LogP contribution in [-0.4, -0.2) is 6.41 Å². The summed E-state index contributed by atoms with van der Waals surface area (Å²) in [5, 5.41) is 0. The monoisotopic (exact) mass is 371 g/mol. The third-order valence-electron chi connectivity index (χ3n) is 8.27. The maximum atomic E-state index is 8.58. The lowest BCUT2D eigenvalue weighted by molar-refractivity contribution is -0.121. The lowest BCUT2D eigenvalue weighted by atomic mass is 9.39. The van der Waals surface area contributed by atoms with Crippen molar-refractivity contribution in [3.63, 3.8) is 0 Å². The Morgan fingerprint density at radius 2 is 1.67 bits per heavy atom. The normalized spacial score (nSPS) is 37.0. The van der Waals surface area contributed by atoms with Crippen molar-refractivity contribution in [3.8, 4) is 0 Å². The number of carbonyl (C=O) groups excluding carboxylic acids is 1. The Hall–Kier alpha value is -1.31. The third kappa shape index (κ3) is 3.82. The molecule has 0 saturated heterocycles. The summed E-state index contributed by atoms with van der Waals surface area (Å²) in [6, 6.07) is 11.5. The van der Waals surface area contributed by atoms with Crippen molar-refractivity contribution >= 4 is 6.41 Å². The van der Waals surface area contributed by atoms with Gasteiger partial charge in [-0.1, -0.05) is 78.3 Å². The second kappa shape index (κ2) is 8.37. The van der Waals surface area contributed by atoms with Crippen LogP contribution in [0.25, 0.3) is 0 Å². The van der Waals surface area contributed by atoms with Crippen LogP contribution in [-0.2, 0) is 10.2 Å². The topological polar surface area (TPSA) is 43.1 Å². The summed E-state index contributed by atoms with van der Waals surface area (Å²) >= 11 is 0. The van der Waals surface area contributed by atoms with Crippen LogP contribution in [0.1, 0.15) is 85.6 Å². The lowest BCUT2D eigenvalue weighted by Crippen LogP contribution is -2.59. The summed E-state index contributed by atoms with van der Waals surface area (Å²) in [4.78, 5) is 8.58. The molecule has 0 aromatic heterocycles. The van der Waals surface area contributed by atoms with Gasteiger partial charge in [0.2, 0.25) is 6.41 Å². The Bertz CT molecular complexity index is 610. The first-order valence-corrected chi connectivity index (χ1v) is 10.9. The van der Waals surface area contributed by atoms with E-state index in [0.29, 0.717) is 16.2 Å². The molecule has 1 aromatic carbocycles. The molecule has 0 aliphatic heterocycles. The molecule has 2 aliphatic rings. The molecular weight excluding hydrogens is 330 g/mol. The Balaban J connectivity index is 0.000000817. The standard InChI is InChI=1S/C24H38.CH3NO/c1-7-14-23(8-2)18(3)19(4)24(20-12-10-9-11-13-20)16-21(23)15-22(5,6)17-24;2-1-3/h9-13,18-19,21H,7-8,14-17H2,1-6H3;1H,(H2,2,3). The molecule has 0 radical (unpaired) electrons. The van der Waals surface area contributed by atoms with E-state index in [9.17, 15) is 0 Å². The number of nitrogens with two attached hydrogens (primary N) is 1. The van der Waals surface area contributed by atoms with Crippen LogP contribution in [0.4, 0.5) is 0 Å². The Kier molecular flexibility index (Phi) is 6.81. The Labute approximate surface area is 167 Å². The van der Waals surface area contributed by atoms with Crippen molar-refractivity contribution in [1.29, 1.82) is 0 Å². The summed E-state index contributed by atoms with van der Waals surface area (Å²) in [5.41, 5.74) is 7.19. The van der Waals surface area contributed by atoms with Crippen LogP contribution in [0.3, 0.4) is 0 Å². The van der Waals surface area contributed by atoms with Gasteiger partial charge in [-0.2, -0.15) is 0 Å². The average molecular weight is 372 g/mol. The fourth-order valence-electron chi connectivity index (χ4n) is 7.22. The van der Waals surface area contributed by atoms with Crippen LogP contribution < -0.4 is 5.73 Å². The minimum atomic E-state index is 0.250. The van der Waals surface area contributed by atoms with E-state index in [-0.39, 0.29) is 6.41 Å². The number of amides is 1. The smallest absolute Gasteiger partial charge is 0.204 e. The quantitative estimate of drug-likeness (QED) is 0.617. The van der Waals surface area contributed by atoms with Crippen molar-refractivity contribution in [2.45, 2.75) is 85.5 Å². The van der Waals surface area contributed by atoms with E-state index in [1.165, 1.54) is 38.5 Å². The lowest BCUT2D eigenvalue weighted by Gasteiger charge is -2.65. The zero-order valence-corrected chi connectivity index (χ0v) is 18.4. The van der Waals surface area contributed by atoms with E-state index < -0.39 is 0 Å². The van der Waals surface area contributed by atoms with Gasteiger partial charge in [-0.25, -0.2) is 0 Å². The van der Waals surface area contributed by atoms with Crippen molar-refractivity contribution in [2.75, 3.05) is 0 Å². The highest BCUT2D eigenvalue weighted by Gasteiger charge is 2.60. The minimum absolute atomic E-state index is 0.250. The highest BCUT2D eigenvalue weighted by atomic mass is 16.1. The predicted octanol–water partition coefficient (Wildman–Crippen LogP) is 6.33. The number of hydrogen-bond acceptors (Lipinski definition) is 1. The summed E-state index contributed by atoms with van der Waals surface area (Å²) in [6.07, 6.45) is 8.56. The van der Waals surface area contributed by atoms with E-state index in [0.717, 1.165) is 17.8 Å². The molecule has 152 valence electrons. The number of hydrogen-bond donors (Lipinski definition) is 1. The Morgan fingerprint density at radius 3 is 2.19 bits per heavy atom. The molecule has 1 aromatic rings. The van der Waals surface area contributed by atoms with Gasteiger partial charge in [-0.3, -0.25) is 4.79 Å². The van der Waals surface area contributed by atoms with Crippen molar-refractivity contribution in [3.05, 3.63) is 35.9 Å². The van der Waals surface area contributed by atoms with Crippen LogP contribution in [0.2, 0.25) is 0 Å². The molecule has 2 nitrogen and oxygen atoms in total. The molecule has 2 aliphatic carbocycles. The molecule has 2 bridgehead atoms. The number of rotatable bonds is 4. The molecule has 5 atom stereocenters. The van der Waals surface area contributed by atoms with E-state index in [4.69, 9.17) is 4.79 Å². The third-order valence-corrected chi connectivity index (χ3v) is 8.27. The number of benzene rings is 1. The zero-order chi connectivity index (χ0) is 20.3. The second-order valence-corrected chi connectivity index (χ2v) is 10.0. The maximum Gasteiger partial charge on any atom is 0.204 e. The van der Waals surface area contributed by atoms with Gasteiger partial charge in [-0.05, 0) is 71.7 Å². The first-order chi connectivity index (χ1) is 12.7. The van der Waals surface area contributed by atoms with Crippen LogP contribution >= 0.6 is 0 Å². The highest BCUT2D eigenvalue weighted by Crippen LogP contribution is 2.67. The highest BCUT2D eigenvalue weighted by molar-refractivity contribution is 5.42. The summed E-state index contributed by atoms with van der Waals surface area (Å²) in [7, 11) is 0. The van der Waals surface area contributed by atoms with Gasteiger partial charge < -0.3 is 5.73 Å². The molecule has 2 saturated carbocycles. The zero-order valence-electron chi connectivity index (χ0n) is 18.4. The maximum absolute atomic E-state index is 8.58. The van der Waals surface area contributed by atoms with E-state index in [1.54, 1.807) is 5.56 Å². The molecular formula is C25H41NO. The van der Waals surface area contributed by atoms with Crippen LogP contribution in [0, 0.1) is 28.6 Å². The molecule has 0 heterocycles. The summed E-state index contributed by atoms with van der Waals surface area (Å²) < 4.78 is 0. The first kappa shape index (κ1) is 22.0. The van der Waals surface area contributed by atoms with Gasteiger partial charge in [0, 0.05) is 0 Å². The van der Waals surface area contributed by atoms with Gasteiger partial charge in [0.1, 0.15) is 0 Å². The largest absolute Gasteiger partial charge is 0.372 e. The fourth-order valence-corrected chi connectivity index (χ4v) is 7.22. The van der Waals surface area contributed by atoms with Gasteiger partial charge >= 0.3 is 0 Å². The van der Waals surface area contributed by atoms with Gasteiger partial charge in [0.25, 0.3) is 0 Å². The van der Waals surface area contributed by atoms with Gasteiger partial charge in [-0.15, -0.1) is 0 Å². The molecule has 2 fully saturated rings. The Morgan fingerprint density at radius 1 is 1.07 bits per heavy atom. The molecule has 27 heavy (non-hydrogen) atoms. The van der Waals surface area contributed by atoms with Gasteiger partial charge in [0.15, 0.2) is 0 Å². The van der Waals surface area contributed by atoms with Gasteiger partial charge in [0.05, 0.1) is 0 Å². The second-order valence-electron chi connectivity index (χ2n) is 10.0. The number of carbonyl (C=O) groups is 1. The summed E-state index contributed by atoms with van der Waals surface area (Å²) in [5.74, 6) is 2.47. The molecule has 2 heteroatoms. The molecule has 2 N–H and O–H groups in total. The minimum Gasteiger partial charge on any atom is -0.372 e. The fraction of sp³-hybridized carbons (Fsp3) is 0.720. The molecule has 5 unspecified atom stereocenters. The number of fused-ring (bicyclic) bond motifs is 2.